The molecule has 0 amide bonds. The van der Waals surface area contributed by atoms with Crippen molar-refractivity contribution in [2.45, 2.75) is 6.42 Å². The van der Waals surface area contributed by atoms with E-state index in [9.17, 15) is 0 Å². The molecule has 0 atom stereocenters. The molecule has 0 unspecified atom stereocenters. The summed E-state index contributed by atoms with van der Waals surface area (Å²) in [5, 5.41) is 10.2. The van der Waals surface area contributed by atoms with Crippen LogP contribution in [0.3, 0.4) is 0 Å². The zero-order valence-electron chi connectivity index (χ0n) is 27.9. The monoisotopic (exact) mass is 648 g/mol. The van der Waals surface area contributed by atoms with E-state index in [0.29, 0.717) is 0 Å². The Bertz CT molecular complexity index is 3100. The molecule has 7 aromatic carbocycles. The van der Waals surface area contributed by atoms with E-state index >= 15 is 0 Å². The van der Waals surface area contributed by atoms with Gasteiger partial charge in [-0.15, -0.1) is 0 Å². The molecule has 0 saturated heterocycles. The van der Waals surface area contributed by atoms with Crippen LogP contribution in [0, 0.1) is 0 Å². The summed E-state index contributed by atoms with van der Waals surface area (Å²) in [6.07, 6.45) is 16.6. The molecule has 238 valence electrons. The van der Waals surface area contributed by atoms with E-state index in [0.717, 1.165) is 6.42 Å². The molecule has 2 aliphatic rings. The zero-order valence-corrected chi connectivity index (χ0v) is 27.9. The Hall–Kier alpha value is -6.64. The summed E-state index contributed by atoms with van der Waals surface area (Å²) in [5.74, 6) is 0. The lowest BCUT2D eigenvalue weighted by atomic mass is 10.0. The van der Waals surface area contributed by atoms with E-state index in [1.807, 2.05) is 0 Å². The highest BCUT2D eigenvalue weighted by Gasteiger charge is 2.18. The average Bonchev–Trinajstić information content (AvgIpc) is 3.47. The molecule has 9 aromatic rings. The Labute approximate surface area is 295 Å². The van der Waals surface area contributed by atoms with Crippen molar-refractivity contribution >= 4 is 70.9 Å². The molecule has 0 radical (unpaired) electrons. The summed E-state index contributed by atoms with van der Waals surface area (Å²) in [5.41, 5.74) is 12.3. The fourth-order valence-electron chi connectivity index (χ4n) is 8.50. The standard InChI is InChI=1S/C49H32N2/c1-2-10-33-27-32(9-1)17-22-38(28-33)50-46-15-7-5-13-42(46)44-30-35(20-25-48(44)50)36-21-26-49-45(31-36)43-14-6-8-16-47(43)51(49)39-23-24-41-37(29-39)19-18-34-11-3-4-12-40(34)41/h1-26,28-31H,27H2. The maximum absolute atomic E-state index is 2.43. The second-order valence-electron chi connectivity index (χ2n) is 13.8. The van der Waals surface area contributed by atoms with Gasteiger partial charge in [-0.05, 0) is 111 Å². The number of allylic oxidation sites excluding steroid dienone is 10. The Kier molecular flexibility index (Phi) is 6.05. The van der Waals surface area contributed by atoms with Gasteiger partial charge in [0.25, 0.3) is 0 Å². The number of hydrogen-bond donors (Lipinski definition) is 0. The van der Waals surface area contributed by atoms with Crippen LogP contribution < -0.4 is 0 Å². The van der Waals surface area contributed by atoms with Gasteiger partial charge in [0.1, 0.15) is 0 Å². The smallest absolute Gasteiger partial charge is 0.0541 e. The van der Waals surface area contributed by atoms with E-state index in [1.54, 1.807) is 0 Å². The zero-order chi connectivity index (χ0) is 33.5. The topological polar surface area (TPSA) is 9.86 Å². The number of benzene rings is 7. The van der Waals surface area contributed by atoms with Crippen molar-refractivity contribution in [2.24, 2.45) is 0 Å². The Balaban J connectivity index is 1.07. The maximum Gasteiger partial charge on any atom is 0.0541 e. The van der Waals surface area contributed by atoms with Crippen molar-refractivity contribution < 1.29 is 0 Å². The Morgan fingerprint density at radius 3 is 1.75 bits per heavy atom. The molecule has 0 spiro atoms. The molecule has 2 bridgehead atoms. The summed E-state index contributed by atoms with van der Waals surface area (Å²) >= 11 is 0. The van der Waals surface area contributed by atoms with Gasteiger partial charge in [-0.1, -0.05) is 121 Å². The van der Waals surface area contributed by atoms with Crippen LogP contribution in [-0.2, 0) is 0 Å². The van der Waals surface area contributed by atoms with Gasteiger partial charge in [-0.3, -0.25) is 0 Å². The van der Waals surface area contributed by atoms with Gasteiger partial charge in [0.05, 0.1) is 22.1 Å². The van der Waals surface area contributed by atoms with Crippen LogP contribution in [0.25, 0.3) is 87.7 Å². The van der Waals surface area contributed by atoms with Gasteiger partial charge in [-0.25, -0.2) is 0 Å². The minimum absolute atomic E-state index is 0.950. The minimum atomic E-state index is 0.950. The predicted octanol–water partition coefficient (Wildman–Crippen LogP) is 13.1. The van der Waals surface area contributed by atoms with Crippen molar-refractivity contribution in [3.05, 3.63) is 193 Å². The molecule has 2 aliphatic carbocycles. The van der Waals surface area contributed by atoms with E-state index < -0.39 is 0 Å². The van der Waals surface area contributed by atoms with E-state index in [2.05, 4.69) is 191 Å². The lowest BCUT2D eigenvalue weighted by Crippen LogP contribution is -1.95. The lowest BCUT2D eigenvalue weighted by molar-refractivity contribution is 1.19. The highest BCUT2D eigenvalue weighted by Crippen LogP contribution is 2.39. The lowest BCUT2D eigenvalue weighted by Gasteiger charge is -2.11. The first-order valence-electron chi connectivity index (χ1n) is 17.7. The van der Waals surface area contributed by atoms with Crippen LogP contribution >= 0.6 is 0 Å². The fourth-order valence-corrected chi connectivity index (χ4v) is 8.50. The fraction of sp³-hybridized carbons (Fsp3) is 0.0204. The van der Waals surface area contributed by atoms with Gasteiger partial charge < -0.3 is 9.13 Å². The third-order valence-corrected chi connectivity index (χ3v) is 10.9. The van der Waals surface area contributed by atoms with Gasteiger partial charge in [0, 0.05) is 32.9 Å². The molecular weight excluding hydrogens is 617 g/mol. The molecule has 2 aromatic heterocycles. The minimum Gasteiger partial charge on any atom is -0.309 e. The summed E-state index contributed by atoms with van der Waals surface area (Å²) in [7, 11) is 0. The predicted molar refractivity (Wildman–Crippen MR) is 218 cm³/mol. The largest absolute Gasteiger partial charge is 0.309 e. The second kappa shape index (κ2) is 10.9. The number of rotatable bonds is 3. The molecule has 2 heterocycles. The third-order valence-electron chi connectivity index (χ3n) is 10.9. The molecule has 0 saturated carbocycles. The van der Waals surface area contributed by atoms with Gasteiger partial charge in [0.2, 0.25) is 0 Å². The van der Waals surface area contributed by atoms with Crippen LogP contribution in [-0.4, -0.2) is 9.13 Å². The van der Waals surface area contributed by atoms with Crippen molar-refractivity contribution in [1.29, 1.82) is 0 Å². The molecule has 51 heavy (non-hydrogen) atoms. The van der Waals surface area contributed by atoms with Crippen molar-refractivity contribution in [3.63, 3.8) is 0 Å². The van der Waals surface area contributed by atoms with Gasteiger partial charge >= 0.3 is 0 Å². The maximum atomic E-state index is 2.43. The van der Waals surface area contributed by atoms with Crippen molar-refractivity contribution in [3.8, 4) is 16.8 Å². The second-order valence-corrected chi connectivity index (χ2v) is 13.8. The molecule has 0 N–H and O–H groups in total. The third kappa shape index (κ3) is 4.36. The molecule has 2 heteroatoms. The van der Waals surface area contributed by atoms with Gasteiger partial charge in [-0.2, -0.15) is 0 Å². The number of aromatic nitrogens is 2. The molecule has 0 aliphatic heterocycles. The quantitative estimate of drug-likeness (QED) is 0.169. The van der Waals surface area contributed by atoms with E-state index in [4.69, 9.17) is 0 Å². The number of nitrogens with zero attached hydrogens (tertiary/aromatic N) is 2. The van der Waals surface area contributed by atoms with E-state index in [-0.39, 0.29) is 0 Å². The van der Waals surface area contributed by atoms with Crippen LogP contribution in [0.5, 0.6) is 0 Å². The Morgan fingerprint density at radius 1 is 0.392 bits per heavy atom. The van der Waals surface area contributed by atoms with Crippen LogP contribution in [0.4, 0.5) is 0 Å². The van der Waals surface area contributed by atoms with Crippen molar-refractivity contribution in [2.75, 3.05) is 0 Å². The molecular formula is C49H32N2. The van der Waals surface area contributed by atoms with Gasteiger partial charge in [0.15, 0.2) is 0 Å². The first kappa shape index (κ1) is 28.2. The molecule has 2 nitrogen and oxygen atoms in total. The summed E-state index contributed by atoms with van der Waals surface area (Å²) < 4.78 is 4.85. The summed E-state index contributed by atoms with van der Waals surface area (Å²) in [6, 6.07) is 51.6. The Morgan fingerprint density at radius 2 is 0.980 bits per heavy atom. The first-order chi connectivity index (χ1) is 25.3. The van der Waals surface area contributed by atoms with Crippen LogP contribution in [0.2, 0.25) is 0 Å². The highest BCUT2D eigenvalue weighted by molar-refractivity contribution is 6.14. The molecule has 0 fully saturated rings. The summed E-state index contributed by atoms with van der Waals surface area (Å²) in [4.78, 5) is 0. The van der Waals surface area contributed by atoms with Crippen molar-refractivity contribution in [1.82, 2.24) is 9.13 Å². The summed E-state index contributed by atoms with van der Waals surface area (Å²) in [6.45, 7) is 0. The number of fused-ring (bicyclic) bond motifs is 11. The number of para-hydroxylation sites is 2. The van der Waals surface area contributed by atoms with Crippen LogP contribution in [0.1, 0.15) is 6.42 Å². The average molecular weight is 649 g/mol. The molecule has 11 rings (SSSR count). The number of hydrogen-bond acceptors (Lipinski definition) is 0. The normalized spacial score (nSPS) is 14.4. The SMILES string of the molecule is C1=CC=C2C=C(n3c4ccccc4c4cc(-c5ccc6c(c5)c5ccccc5n6-c5ccc6c(ccc7ccccc76)c5)ccc43)C=CC(=C1)C2. The van der Waals surface area contributed by atoms with E-state index in [1.165, 1.54) is 98.8 Å². The highest BCUT2D eigenvalue weighted by atomic mass is 15.0. The first-order valence-corrected chi connectivity index (χ1v) is 17.7. The van der Waals surface area contributed by atoms with Crippen LogP contribution in [0.15, 0.2) is 193 Å².